The molecule has 10 heteroatoms. The number of nitrogens with zero attached hydrogens (tertiary/aromatic N) is 2. The molecule has 1 amide bonds. The maximum absolute atomic E-state index is 14.0. The highest BCUT2D eigenvalue weighted by atomic mass is 32.2. The molecule has 0 aliphatic carbocycles. The van der Waals surface area contributed by atoms with Gasteiger partial charge in [0.2, 0.25) is 5.91 Å². The molecule has 1 N–H and O–H groups in total. The van der Waals surface area contributed by atoms with E-state index in [1.54, 1.807) is 30.3 Å². The Morgan fingerprint density at radius 3 is 2.36 bits per heavy atom. The van der Waals surface area contributed by atoms with E-state index in [1.165, 1.54) is 53.2 Å². The number of hydrogen-bond acceptors (Lipinski definition) is 5. The topological polar surface area (TPSA) is 111 Å². The third kappa shape index (κ3) is 4.75. The van der Waals surface area contributed by atoms with E-state index < -0.39 is 32.2 Å². The van der Waals surface area contributed by atoms with Gasteiger partial charge in [-0.05, 0) is 24.3 Å². The molecule has 0 aliphatic heterocycles. The first-order valence-corrected chi connectivity index (χ1v) is 11.5. The molecule has 0 spiro atoms. The molecule has 0 saturated heterocycles. The summed E-state index contributed by atoms with van der Waals surface area (Å²) in [4.78, 5) is 22.8. The second-order valence-electron chi connectivity index (χ2n) is 7.34. The maximum Gasteiger partial charge on any atom is 0.269 e. The van der Waals surface area contributed by atoms with Crippen molar-refractivity contribution in [2.24, 2.45) is 0 Å². The molecule has 0 bridgehead atoms. The number of para-hydroxylation sites is 1. The highest BCUT2D eigenvalue weighted by molar-refractivity contribution is 7.90. The number of fused-ring (bicyclic) bond motifs is 1. The molecule has 0 atom stereocenters. The number of amides is 1. The highest BCUT2D eigenvalue weighted by Gasteiger charge is 2.23. The minimum atomic E-state index is -3.91. The minimum absolute atomic E-state index is 0.00416. The molecule has 0 aliphatic rings. The summed E-state index contributed by atoms with van der Waals surface area (Å²) >= 11 is 0. The number of nitro groups is 1. The van der Waals surface area contributed by atoms with Gasteiger partial charge < -0.3 is 9.88 Å². The Morgan fingerprint density at radius 1 is 1.00 bits per heavy atom. The summed E-state index contributed by atoms with van der Waals surface area (Å²) < 4.78 is 41.8. The number of non-ortho nitro benzene ring substituents is 1. The maximum atomic E-state index is 14.0. The van der Waals surface area contributed by atoms with E-state index in [2.05, 4.69) is 5.32 Å². The Bertz CT molecular complexity index is 1460. The summed E-state index contributed by atoms with van der Waals surface area (Å²) in [5.74, 6) is -1.56. The van der Waals surface area contributed by atoms with Gasteiger partial charge in [-0.25, -0.2) is 12.8 Å². The van der Waals surface area contributed by atoms with Crippen LogP contribution in [0.5, 0.6) is 0 Å². The van der Waals surface area contributed by atoms with Gasteiger partial charge in [0, 0.05) is 40.5 Å². The number of benzene rings is 3. The van der Waals surface area contributed by atoms with Crippen LogP contribution < -0.4 is 5.32 Å². The zero-order chi connectivity index (χ0) is 23.6. The van der Waals surface area contributed by atoms with Gasteiger partial charge >= 0.3 is 0 Å². The highest BCUT2D eigenvalue weighted by Crippen LogP contribution is 2.28. The van der Waals surface area contributed by atoms with Crippen molar-refractivity contribution in [1.29, 1.82) is 0 Å². The van der Waals surface area contributed by atoms with E-state index in [4.69, 9.17) is 0 Å². The van der Waals surface area contributed by atoms with E-state index in [1.807, 2.05) is 0 Å². The lowest BCUT2D eigenvalue weighted by molar-refractivity contribution is -0.384. The second-order valence-corrected chi connectivity index (χ2v) is 9.30. The molecule has 0 unspecified atom stereocenters. The number of carbonyl (C=O) groups is 1. The Kier molecular flexibility index (Phi) is 5.93. The molecule has 0 radical (unpaired) electrons. The quantitative estimate of drug-likeness (QED) is 0.322. The average Bonchev–Trinajstić information content (AvgIpc) is 3.15. The third-order valence-electron chi connectivity index (χ3n) is 5.07. The van der Waals surface area contributed by atoms with Gasteiger partial charge in [-0.15, -0.1) is 0 Å². The van der Waals surface area contributed by atoms with Crippen LogP contribution in [0.3, 0.4) is 0 Å². The number of carbonyl (C=O) groups excluding carboxylic acids is 1. The number of aromatic nitrogens is 1. The van der Waals surface area contributed by atoms with Crippen molar-refractivity contribution in [1.82, 2.24) is 4.57 Å². The Morgan fingerprint density at radius 2 is 1.67 bits per heavy atom. The van der Waals surface area contributed by atoms with Gasteiger partial charge in [0.05, 0.1) is 15.6 Å². The monoisotopic (exact) mass is 467 g/mol. The zero-order valence-electron chi connectivity index (χ0n) is 17.1. The summed E-state index contributed by atoms with van der Waals surface area (Å²) in [5, 5.41) is 13.8. The van der Waals surface area contributed by atoms with E-state index >= 15 is 0 Å². The predicted molar refractivity (Wildman–Crippen MR) is 121 cm³/mol. The molecule has 33 heavy (non-hydrogen) atoms. The first-order valence-electron chi connectivity index (χ1n) is 9.83. The van der Waals surface area contributed by atoms with E-state index in [0.717, 1.165) is 0 Å². The van der Waals surface area contributed by atoms with Crippen LogP contribution in [-0.2, 0) is 26.9 Å². The first kappa shape index (κ1) is 22.2. The van der Waals surface area contributed by atoms with E-state index in [-0.39, 0.29) is 22.7 Å². The zero-order valence-corrected chi connectivity index (χ0v) is 18.0. The van der Waals surface area contributed by atoms with Gasteiger partial charge in [-0.3, -0.25) is 14.9 Å². The van der Waals surface area contributed by atoms with Crippen molar-refractivity contribution in [3.63, 3.8) is 0 Å². The van der Waals surface area contributed by atoms with Gasteiger partial charge in [0.15, 0.2) is 9.84 Å². The van der Waals surface area contributed by atoms with Crippen LogP contribution in [0, 0.1) is 15.9 Å². The molecule has 0 fully saturated rings. The van der Waals surface area contributed by atoms with Crippen LogP contribution in [0.25, 0.3) is 10.9 Å². The average molecular weight is 467 g/mol. The van der Waals surface area contributed by atoms with Crippen LogP contribution in [0.2, 0.25) is 0 Å². The molecule has 4 aromatic rings. The van der Waals surface area contributed by atoms with Crippen molar-refractivity contribution in [3.8, 4) is 0 Å². The summed E-state index contributed by atoms with van der Waals surface area (Å²) in [5.41, 5.74) is 0.859. The molecule has 0 saturated carbocycles. The fourth-order valence-electron chi connectivity index (χ4n) is 3.51. The fraction of sp³-hybridized carbons (Fsp3) is 0.0870. The first-order chi connectivity index (χ1) is 15.7. The normalized spacial score (nSPS) is 11.4. The Hall–Kier alpha value is -4.05. The number of nitro benzene ring substituents is 1. The molecule has 1 aromatic heterocycles. The smallest absolute Gasteiger partial charge is 0.269 e. The lowest BCUT2D eigenvalue weighted by Gasteiger charge is -2.07. The summed E-state index contributed by atoms with van der Waals surface area (Å²) in [6.07, 6.45) is 1.37. The molecule has 168 valence electrons. The SMILES string of the molecule is O=C(Cn1cc(S(=O)(=O)Cc2ccccc2F)c2ccccc21)Nc1ccc([N+](=O)[O-])cc1. The Balaban J connectivity index is 1.61. The van der Waals surface area contributed by atoms with Crippen LogP contribution in [0.4, 0.5) is 15.8 Å². The van der Waals surface area contributed by atoms with Gasteiger partial charge in [-0.2, -0.15) is 0 Å². The number of hydrogen-bond donors (Lipinski definition) is 1. The second kappa shape index (κ2) is 8.83. The third-order valence-corrected chi connectivity index (χ3v) is 6.75. The molecular weight excluding hydrogens is 449 g/mol. The van der Waals surface area contributed by atoms with Crippen LogP contribution in [-0.4, -0.2) is 23.8 Å². The van der Waals surface area contributed by atoms with Crippen LogP contribution in [0.15, 0.2) is 83.9 Å². The van der Waals surface area contributed by atoms with E-state index in [9.17, 15) is 27.7 Å². The van der Waals surface area contributed by atoms with Crippen molar-refractivity contribution in [3.05, 3.63) is 100 Å². The van der Waals surface area contributed by atoms with E-state index in [0.29, 0.717) is 16.6 Å². The van der Waals surface area contributed by atoms with Gasteiger partial charge in [0.25, 0.3) is 5.69 Å². The molecule has 1 heterocycles. The molecule has 8 nitrogen and oxygen atoms in total. The number of rotatable bonds is 7. The summed E-state index contributed by atoms with van der Waals surface area (Å²) in [6.45, 7) is -0.188. The van der Waals surface area contributed by atoms with Crippen LogP contribution in [0.1, 0.15) is 5.56 Å². The van der Waals surface area contributed by atoms with Gasteiger partial charge in [0.1, 0.15) is 12.4 Å². The lowest BCUT2D eigenvalue weighted by Crippen LogP contribution is -2.18. The number of sulfone groups is 1. The molecule has 4 rings (SSSR count). The molecular formula is C23H18FN3O5S. The standard InChI is InChI=1S/C23H18FN3O5S/c24-20-7-3-1-5-16(20)15-33(31,32)22-13-26(21-8-4-2-6-19(21)22)14-23(28)25-17-9-11-18(12-10-17)27(29)30/h1-13H,14-15H2,(H,25,28). The number of halogens is 1. The predicted octanol–water partition coefficient (Wildman–Crippen LogP) is 4.30. The van der Waals surface area contributed by atoms with Crippen molar-refractivity contribution >= 4 is 38.0 Å². The van der Waals surface area contributed by atoms with Gasteiger partial charge in [-0.1, -0.05) is 36.4 Å². The summed E-state index contributed by atoms with van der Waals surface area (Å²) in [6, 6.07) is 17.8. The lowest BCUT2D eigenvalue weighted by atomic mass is 10.2. The number of anilines is 1. The molecule has 3 aromatic carbocycles. The fourth-order valence-corrected chi connectivity index (χ4v) is 5.11. The minimum Gasteiger partial charge on any atom is -0.337 e. The van der Waals surface area contributed by atoms with Crippen LogP contribution >= 0.6 is 0 Å². The summed E-state index contributed by atoms with van der Waals surface area (Å²) in [7, 11) is -3.91. The largest absolute Gasteiger partial charge is 0.337 e. The van der Waals surface area contributed by atoms with Crippen molar-refractivity contribution in [2.75, 3.05) is 5.32 Å². The Labute approximate surface area is 188 Å². The van der Waals surface area contributed by atoms with Crippen molar-refractivity contribution in [2.45, 2.75) is 17.2 Å². The van der Waals surface area contributed by atoms with Crippen molar-refractivity contribution < 1.29 is 22.5 Å². The number of nitrogens with one attached hydrogen (secondary N) is 1.